The molecule has 5 nitrogen and oxygen atoms in total. The third kappa shape index (κ3) is 2.16. The van der Waals surface area contributed by atoms with Gasteiger partial charge in [0.1, 0.15) is 6.04 Å². The van der Waals surface area contributed by atoms with Gasteiger partial charge >= 0.3 is 0 Å². The van der Waals surface area contributed by atoms with Gasteiger partial charge in [-0.3, -0.25) is 4.79 Å². The monoisotopic (exact) mass is 230 g/mol. The van der Waals surface area contributed by atoms with E-state index in [-0.39, 0.29) is 11.9 Å². The SMILES string of the molecule is CN1CCC(Nc2ccc(C#N)cc2N)C1=O. The quantitative estimate of drug-likeness (QED) is 0.736. The second-order valence-corrected chi connectivity index (χ2v) is 4.16. The van der Waals surface area contributed by atoms with Gasteiger partial charge in [0.2, 0.25) is 5.91 Å². The Morgan fingerprint density at radius 1 is 1.59 bits per heavy atom. The van der Waals surface area contributed by atoms with E-state index in [4.69, 9.17) is 11.0 Å². The first-order valence-corrected chi connectivity index (χ1v) is 5.43. The van der Waals surface area contributed by atoms with Gasteiger partial charge in [0.25, 0.3) is 0 Å². The van der Waals surface area contributed by atoms with Crippen LogP contribution in [0.1, 0.15) is 12.0 Å². The van der Waals surface area contributed by atoms with Crippen LogP contribution in [0.3, 0.4) is 0 Å². The topological polar surface area (TPSA) is 82.2 Å². The molecule has 3 N–H and O–H groups in total. The summed E-state index contributed by atoms with van der Waals surface area (Å²) in [6.45, 7) is 0.757. The minimum atomic E-state index is -0.213. The van der Waals surface area contributed by atoms with Crippen molar-refractivity contribution in [1.29, 1.82) is 5.26 Å². The van der Waals surface area contributed by atoms with Crippen LogP contribution in [-0.4, -0.2) is 30.4 Å². The number of nitrogens with zero attached hydrogens (tertiary/aromatic N) is 2. The molecule has 1 heterocycles. The number of likely N-dealkylation sites (tertiary alicyclic amines) is 1. The van der Waals surface area contributed by atoms with Crippen LogP contribution in [0.15, 0.2) is 18.2 Å². The van der Waals surface area contributed by atoms with Gasteiger partial charge < -0.3 is 16.0 Å². The molecule has 1 aliphatic rings. The maximum atomic E-state index is 11.7. The Kier molecular flexibility index (Phi) is 2.88. The van der Waals surface area contributed by atoms with E-state index in [0.29, 0.717) is 16.9 Å². The van der Waals surface area contributed by atoms with Gasteiger partial charge in [-0.25, -0.2) is 0 Å². The average Bonchev–Trinajstić information content (AvgIpc) is 2.63. The maximum absolute atomic E-state index is 11.7. The molecule has 0 aliphatic carbocycles. The van der Waals surface area contributed by atoms with Crippen molar-refractivity contribution >= 4 is 17.3 Å². The molecule has 0 aromatic heterocycles. The zero-order valence-electron chi connectivity index (χ0n) is 9.60. The number of nitrogens with one attached hydrogen (secondary N) is 1. The van der Waals surface area contributed by atoms with Crippen LogP contribution in [-0.2, 0) is 4.79 Å². The highest BCUT2D eigenvalue weighted by molar-refractivity contribution is 5.87. The zero-order chi connectivity index (χ0) is 12.4. The first-order chi connectivity index (χ1) is 8.11. The van der Waals surface area contributed by atoms with Crippen molar-refractivity contribution in [1.82, 2.24) is 4.90 Å². The molecule has 1 saturated heterocycles. The lowest BCUT2D eigenvalue weighted by molar-refractivity contribution is -0.127. The number of nitriles is 1. The molecule has 5 heteroatoms. The molecule has 0 saturated carbocycles. The summed E-state index contributed by atoms with van der Waals surface area (Å²) in [7, 11) is 1.78. The van der Waals surface area contributed by atoms with E-state index in [2.05, 4.69) is 5.32 Å². The van der Waals surface area contributed by atoms with Crippen LogP contribution in [0, 0.1) is 11.3 Å². The lowest BCUT2D eigenvalue weighted by Gasteiger charge is -2.15. The maximum Gasteiger partial charge on any atom is 0.244 e. The fourth-order valence-electron chi connectivity index (χ4n) is 1.91. The number of hydrogen-bond donors (Lipinski definition) is 2. The molecule has 88 valence electrons. The van der Waals surface area contributed by atoms with Gasteiger partial charge in [-0.15, -0.1) is 0 Å². The van der Waals surface area contributed by atoms with Crippen molar-refractivity contribution in [3.63, 3.8) is 0 Å². The van der Waals surface area contributed by atoms with Crippen LogP contribution in [0.5, 0.6) is 0 Å². The molecule has 0 spiro atoms. The Labute approximate surface area is 99.8 Å². The van der Waals surface area contributed by atoms with Gasteiger partial charge in [0, 0.05) is 13.6 Å². The van der Waals surface area contributed by atoms with Crippen LogP contribution in [0.25, 0.3) is 0 Å². The number of benzene rings is 1. The fourth-order valence-corrected chi connectivity index (χ4v) is 1.91. The summed E-state index contributed by atoms with van der Waals surface area (Å²) in [6.07, 6.45) is 0.773. The molecule has 0 radical (unpaired) electrons. The lowest BCUT2D eigenvalue weighted by Crippen LogP contribution is -2.31. The Morgan fingerprint density at radius 3 is 2.88 bits per heavy atom. The summed E-state index contributed by atoms with van der Waals surface area (Å²) in [5.41, 5.74) is 7.53. The van der Waals surface area contributed by atoms with Gasteiger partial charge in [0.05, 0.1) is 23.0 Å². The molecular weight excluding hydrogens is 216 g/mol. The first-order valence-electron chi connectivity index (χ1n) is 5.43. The van der Waals surface area contributed by atoms with Crippen molar-refractivity contribution in [2.75, 3.05) is 24.6 Å². The molecule has 1 aliphatic heterocycles. The van der Waals surface area contributed by atoms with Gasteiger partial charge in [0.15, 0.2) is 0 Å². The van der Waals surface area contributed by atoms with Crippen LogP contribution in [0.2, 0.25) is 0 Å². The molecule has 1 aromatic rings. The number of carbonyl (C=O) groups is 1. The Balaban J connectivity index is 2.15. The summed E-state index contributed by atoms with van der Waals surface area (Å²) >= 11 is 0. The molecular formula is C12H14N4O. The van der Waals surface area contributed by atoms with Gasteiger partial charge in [-0.1, -0.05) is 0 Å². The normalized spacial score (nSPS) is 19.2. The molecule has 1 aromatic carbocycles. The summed E-state index contributed by atoms with van der Waals surface area (Å²) in [5, 5.41) is 11.8. The summed E-state index contributed by atoms with van der Waals surface area (Å²) in [5.74, 6) is 0.0776. The van der Waals surface area contributed by atoms with E-state index in [9.17, 15) is 4.79 Å². The van der Waals surface area contributed by atoms with E-state index >= 15 is 0 Å². The number of nitrogen functional groups attached to an aromatic ring is 1. The molecule has 1 unspecified atom stereocenters. The third-order valence-corrected chi connectivity index (χ3v) is 2.94. The molecule has 1 atom stereocenters. The van der Waals surface area contributed by atoms with Crippen molar-refractivity contribution in [2.45, 2.75) is 12.5 Å². The predicted molar refractivity (Wildman–Crippen MR) is 65.2 cm³/mol. The number of likely N-dealkylation sites (N-methyl/N-ethyl adjacent to an activating group) is 1. The lowest BCUT2D eigenvalue weighted by atomic mass is 10.1. The van der Waals surface area contributed by atoms with E-state index in [1.165, 1.54) is 0 Å². The third-order valence-electron chi connectivity index (χ3n) is 2.94. The van der Waals surface area contributed by atoms with Gasteiger partial charge in [-0.2, -0.15) is 5.26 Å². The van der Waals surface area contributed by atoms with Crippen molar-refractivity contribution in [3.8, 4) is 6.07 Å². The minimum Gasteiger partial charge on any atom is -0.397 e. The average molecular weight is 230 g/mol. The second-order valence-electron chi connectivity index (χ2n) is 4.16. The standard InChI is InChI=1S/C12H14N4O/c1-16-5-4-11(12(16)17)15-10-3-2-8(7-13)6-9(10)14/h2-3,6,11,15H,4-5,14H2,1H3. The number of nitrogens with two attached hydrogens (primary N) is 1. The first kappa shape index (κ1) is 11.3. The Bertz CT molecular complexity index is 492. The highest BCUT2D eigenvalue weighted by Gasteiger charge is 2.28. The molecule has 2 rings (SSSR count). The highest BCUT2D eigenvalue weighted by Crippen LogP contribution is 2.23. The number of carbonyl (C=O) groups excluding carboxylic acids is 1. The number of hydrogen-bond acceptors (Lipinski definition) is 4. The number of rotatable bonds is 2. The van der Waals surface area contributed by atoms with Crippen LogP contribution < -0.4 is 11.1 Å². The van der Waals surface area contributed by atoms with Crippen molar-refractivity contribution in [3.05, 3.63) is 23.8 Å². The molecule has 17 heavy (non-hydrogen) atoms. The van der Waals surface area contributed by atoms with Crippen molar-refractivity contribution < 1.29 is 4.79 Å². The zero-order valence-corrected chi connectivity index (χ0v) is 9.60. The van der Waals surface area contributed by atoms with Crippen molar-refractivity contribution in [2.24, 2.45) is 0 Å². The van der Waals surface area contributed by atoms with E-state index in [0.717, 1.165) is 13.0 Å². The minimum absolute atomic E-state index is 0.0776. The fraction of sp³-hybridized carbons (Fsp3) is 0.333. The van der Waals surface area contributed by atoms with E-state index < -0.39 is 0 Å². The van der Waals surface area contributed by atoms with E-state index in [1.54, 1.807) is 30.1 Å². The Morgan fingerprint density at radius 2 is 2.35 bits per heavy atom. The van der Waals surface area contributed by atoms with E-state index in [1.807, 2.05) is 6.07 Å². The van der Waals surface area contributed by atoms with Crippen LogP contribution >= 0.6 is 0 Å². The summed E-state index contributed by atoms with van der Waals surface area (Å²) in [4.78, 5) is 13.4. The largest absolute Gasteiger partial charge is 0.397 e. The summed E-state index contributed by atoms with van der Waals surface area (Å²) < 4.78 is 0. The summed E-state index contributed by atoms with van der Waals surface area (Å²) in [6, 6.07) is 6.83. The highest BCUT2D eigenvalue weighted by atomic mass is 16.2. The molecule has 1 fully saturated rings. The van der Waals surface area contributed by atoms with Gasteiger partial charge in [-0.05, 0) is 24.6 Å². The van der Waals surface area contributed by atoms with Crippen LogP contribution in [0.4, 0.5) is 11.4 Å². The number of amides is 1. The smallest absolute Gasteiger partial charge is 0.244 e. The molecule has 1 amide bonds. The predicted octanol–water partition coefficient (Wildman–Crippen LogP) is 0.783. The molecule has 0 bridgehead atoms. The second kappa shape index (κ2) is 4.34. The number of anilines is 2. The Hall–Kier alpha value is -2.22.